The Kier molecular flexibility index (Phi) is 4.22. The van der Waals surface area contributed by atoms with Gasteiger partial charge in [0, 0.05) is 6.54 Å². The standard InChI is InChI=1S/C18H16F3NO2/c19-18(20,21)12-17(15-9-5-2-6-10-15)13-22(16(23)24-17)11-14-7-3-1-4-8-14/h1-10H,11-13H2. The Morgan fingerprint density at radius 3 is 2.17 bits per heavy atom. The normalized spacial score (nSPS) is 21.0. The molecular formula is C18H16F3NO2. The molecule has 6 heteroatoms. The summed E-state index contributed by atoms with van der Waals surface area (Å²) in [4.78, 5) is 13.5. The number of ether oxygens (including phenoxy) is 1. The van der Waals surface area contributed by atoms with Gasteiger partial charge in [-0.2, -0.15) is 13.2 Å². The van der Waals surface area contributed by atoms with Crippen LogP contribution in [0.2, 0.25) is 0 Å². The summed E-state index contributed by atoms with van der Waals surface area (Å²) in [5.41, 5.74) is -0.512. The van der Waals surface area contributed by atoms with E-state index in [9.17, 15) is 18.0 Å². The third-order valence-electron chi connectivity index (χ3n) is 3.99. The second-order valence-electron chi connectivity index (χ2n) is 5.86. The summed E-state index contributed by atoms with van der Waals surface area (Å²) in [6.07, 6.45) is -6.38. The van der Waals surface area contributed by atoms with E-state index in [0.717, 1.165) is 5.56 Å². The first-order valence-electron chi connectivity index (χ1n) is 7.52. The third kappa shape index (κ3) is 3.53. The molecule has 3 rings (SSSR count). The number of rotatable bonds is 4. The van der Waals surface area contributed by atoms with E-state index < -0.39 is 24.3 Å². The van der Waals surface area contributed by atoms with Gasteiger partial charge in [-0.1, -0.05) is 60.7 Å². The van der Waals surface area contributed by atoms with Crippen molar-refractivity contribution < 1.29 is 22.7 Å². The number of alkyl halides is 3. The molecule has 1 amide bonds. The van der Waals surface area contributed by atoms with Crippen LogP contribution in [0, 0.1) is 0 Å². The maximum absolute atomic E-state index is 13.1. The molecule has 0 bridgehead atoms. The van der Waals surface area contributed by atoms with Gasteiger partial charge in [0.25, 0.3) is 0 Å². The molecule has 1 aliphatic rings. The molecule has 0 aromatic heterocycles. The van der Waals surface area contributed by atoms with Crippen molar-refractivity contribution in [2.45, 2.75) is 24.7 Å². The van der Waals surface area contributed by atoms with Crippen LogP contribution >= 0.6 is 0 Å². The molecule has 1 atom stereocenters. The van der Waals surface area contributed by atoms with E-state index in [4.69, 9.17) is 4.74 Å². The second kappa shape index (κ2) is 6.19. The second-order valence-corrected chi connectivity index (χ2v) is 5.86. The van der Waals surface area contributed by atoms with Gasteiger partial charge >= 0.3 is 12.3 Å². The Morgan fingerprint density at radius 1 is 1.00 bits per heavy atom. The van der Waals surface area contributed by atoms with Crippen molar-refractivity contribution in [1.29, 1.82) is 0 Å². The molecule has 0 aliphatic carbocycles. The fourth-order valence-electron chi connectivity index (χ4n) is 2.97. The summed E-state index contributed by atoms with van der Waals surface area (Å²) < 4.78 is 44.6. The van der Waals surface area contributed by atoms with E-state index >= 15 is 0 Å². The fourth-order valence-corrected chi connectivity index (χ4v) is 2.97. The minimum absolute atomic E-state index is 0.135. The van der Waals surface area contributed by atoms with Gasteiger partial charge in [-0.15, -0.1) is 0 Å². The highest BCUT2D eigenvalue weighted by Gasteiger charge is 2.52. The molecule has 1 unspecified atom stereocenters. The van der Waals surface area contributed by atoms with Crippen molar-refractivity contribution in [3.05, 3.63) is 71.8 Å². The van der Waals surface area contributed by atoms with Gasteiger partial charge in [-0.25, -0.2) is 4.79 Å². The van der Waals surface area contributed by atoms with Crippen molar-refractivity contribution >= 4 is 6.09 Å². The molecule has 3 nitrogen and oxygen atoms in total. The minimum atomic E-state index is -4.45. The number of carbonyl (C=O) groups excluding carboxylic acids is 1. The maximum atomic E-state index is 13.1. The lowest BCUT2D eigenvalue weighted by Gasteiger charge is -2.28. The molecule has 1 heterocycles. The van der Waals surface area contributed by atoms with Crippen LogP contribution in [0.5, 0.6) is 0 Å². The average molecular weight is 335 g/mol. The smallest absolute Gasteiger partial charge is 0.411 e. The number of cyclic esters (lactones) is 1. The Balaban J connectivity index is 1.89. The number of carbonyl (C=O) groups is 1. The van der Waals surface area contributed by atoms with Crippen LogP contribution in [0.15, 0.2) is 60.7 Å². The highest BCUT2D eigenvalue weighted by Crippen LogP contribution is 2.42. The Labute approximate surface area is 137 Å². The Morgan fingerprint density at radius 2 is 1.58 bits per heavy atom. The van der Waals surface area contributed by atoms with Gasteiger partial charge < -0.3 is 4.74 Å². The molecule has 24 heavy (non-hydrogen) atoms. The number of hydrogen-bond acceptors (Lipinski definition) is 2. The van der Waals surface area contributed by atoms with Gasteiger partial charge in [-0.05, 0) is 11.1 Å². The van der Waals surface area contributed by atoms with E-state index in [0.29, 0.717) is 5.56 Å². The van der Waals surface area contributed by atoms with E-state index in [-0.39, 0.29) is 13.1 Å². The van der Waals surface area contributed by atoms with Crippen LogP contribution in [0.1, 0.15) is 17.5 Å². The number of nitrogens with zero attached hydrogens (tertiary/aromatic N) is 1. The van der Waals surface area contributed by atoms with Crippen molar-refractivity contribution in [2.75, 3.05) is 6.54 Å². The first-order chi connectivity index (χ1) is 11.4. The van der Waals surface area contributed by atoms with Gasteiger partial charge in [0.2, 0.25) is 0 Å². The highest BCUT2D eigenvalue weighted by molar-refractivity contribution is 5.71. The molecule has 0 N–H and O–H groups in total. The summed E-state index contributed by atoms with van der Waals surface area (Å²) >= 11 is 0. The third-order valence-corrected chi connectivity index (χ3v) is 3.99. The molecule has 2 aromatic carbocycles. The topological polar surface area (TPSA) is 29.5 Å². The summed E-state index contributed by atoms with van der Waals surface area (Å²) in [6.45, 7) is 0.0797. The molecule has 1 fully saturated rings. The van der Waals surface area contributed by atoms with Crippen LogP contribution < -0.4 is 0 Å². The zero-order valence-corrected chi connectivity index (χ0v) is 12.8. The summed E-state index contributed by atoms with van der Waals surface area (Å²) in [5, 5.41) is 0. The summed E-state index contributed by atoms with van der Waals surface area (Å²) in [6, 6.07) is 17.2. The molecule has 126 valence electrons. The van der Waals surface area contributed by atoms with Crippen LogP contribution in [0.4, 0.5) is 18.0 Å². The summed E-state index contributed by atoms with van der Waals surface area (Å²) in [7, 11) is 0. The van der Waals surface area contributed by atoms with Crippen LogP contribution in [-0.2, 0) is 16.9 Å². The number of halogens is 3. The molecule has 1 aliphatic heterocycles. The van der Waals surface area contributed by atoms with E-state index in [1.165, 1.54) is 4.90 Å². The molecular weight excluding hydrogens is 319 g/mol. The van der Waals surface area contributed by atoms with Crippen molar-refractivity contribution in [2.24, 2.45) is 0 Å². The largest absolute Gasteiger partial charge is 0.436 e. The lowest BCUT2D eigenvalue weighted by atomic mass is 9.90. The average Bonchev–Trinajstić information content (AvgIpc) is 2.84. The minimum Gasteiger partial charge on any atom is -0.436 e. The van der Waals surface area contributed by atoms with Crippen LogP contribution in [0.3, 0.4) is 0 Å². The molecule has 0 radical (unpaired) electrons. The van der Waals surface area contributed by atoms with E-state index in [1.54, 1.807) is 30.3 Å². The number of hydrogen-bond donors (Lipinski definition) is 0. The van der Waals surface area contributed by atoms with Gasteiger partial charge in [-0.3, -0.25) is 4.90 Å². The highest BCUT2D eigenvalue weighted by atomic mass is 19.4. The molecule has 2 aromatic rings. The van der Waals surface area contributed by atoms with Crippen LogP contribution in [-0.4, -0.2) is 23.7 Å². The molecule has 0 spiro atoms. The zero-order valence-electron chi connectivity index (χ0n) is 12.8. The van der Waals surface area contributed by atoms with E-state index in [1.807, 2.05) is 30.3 Å². The number of amides is 1. The summed E-state index contributed by atoms with van der Waals surface area (Å²) in [5.74, 6) is 0. The van der Waals surface area contributed by atoms with Crippen LogP contribution in [0.25, 0.3) is 0 Å². The van der Waals surface area contributed by atoms with Crippen molar-refractivity contribution in [3.63, 3.8) is 0 Å². The first kappa shape index (κ1) is 16.4. The lowest BCUT2D eigenvalue weighted by molar-refractivity contribution is -0.171. The van der Waals surface area contributed by atoms with Crippen molar-refractivity contribution in [3.8, 4) is 0 Å². The molecule has 1 saturated heterocycles. The fraction of sp³-hybridized carbons (Fsp3) is 0.278. The maximum Gasteiger partial charge on any atom is 0.411 e. The first-order valence-corrected chi connectivity index (χ1v) is 7.52. The quantitative estimate of drug-likeness (QED) is 0.824. The SMILES string of the molecule is O=C1OC(CC(F)(F)F)(c2ccccc2)CN1Cc1ccccc1. The van der Waals surface area contributed by atoms with Gasteiger partial charge in [0.15, 0.2) is 5.60 Å². The van der Waals surface area contributed by atoms with Gasteiger partial charge in [0.1, 0.15) is 0 Å². The Hall–Kier alpha value is -2.50. The molecule has 0 saturated carbocycles. The monoisotopic (exact) mass is 335 g/mol. The zero-order chi connectivity index (χ0) is 17.2. The predicted octanol–water partition coefficient (Wildman–Crippen LogP) is 4.49. The van der Waals surface area contributed by atoms with E-state index in [2.05, 4.69) is 0 Å². The van der Waals surface area contributed by atoms with Crippen molar-refractivity contribution in [1.82, 2.24) is 4.90 Å². The Bertz CT molecular complexity index is 703. The van der Waals surface area contributed by atoms with Gasteiger partial charge in [0.05, 0.1) is 13.0 Å². The number of benzene rings is 2. The lowest BCUT2D eigenvalue weighted by Crippen LogP contribution is -2.36. The predicted molar refractivity (Wildman–Crippen MR) is 82.1 cm³/mol.